The highest BCUT2D eigenvalue weighted by Gasteiger charge is 2.22. The Morgan fingerprint density at radius 2 is 1.57 bits per heavy atom. The second-order valence-electron chi connectivity index (χ2n) is 9.75. The minimum atomic E-state index is 0.0843. The van der Waals surface area contributed by atoms with Crippen LogP contribution in [0.3, 0.4) is 0 Å². The maximum atomic E-state index is 5.65. The minimum Gasteiger partial charge on any atom is -0.356 e. The molecule has 182 valence electrons. The number of nitrogens with one attached hydrogen (secondary N) is 2. The zero-order valence-corrected chi connectivity index (χ0v) is 21.4. The fourth-order valence-corrected chi connectivity index (χ4v) is 5.16. The Labute approximate surface area is 213 Å². The first-order valence-electron chi connectivity index (χ1n) is 12.6. The van der Waals surface area contributed by atoms with Crippen molar-refractivity contribution >= 4 is 34.9 Å². The molecule has 0 radical (unpaired) electrons. The predicted molar refractivity (Wildman–Crippen MR) is 148 cm³/mol. The number of thiocarbonyl (C=S) groups is 1. The summed E-state index contributed by atoms with van der Waals surface area (Å²) >= 11 is 5.65. The van der Waals surface area contributed by atoms with E-state index in [4.69, 9.17) is 22.2 Å². The van der Waals surface area contributed by atoms with E-state index in [2.05, 4.69) is 76.7 Å². The van der Waals surface area contributed by atoms with Gasteiger partial charge in [-0.2, -0.15) is 9.97 Å². The van der Waals surface area contributed by atoms with Gasteiger partial charge in [0.15, 0.2) is 5.11 Å². The average molecular weight is 487 g/mol. The van der Waals surface area contributed by atoms with E-state index in [0.717, 1.165) is 50.2 Å². The summed E-state index contributed by atoms with van der Waals surface area (Å²) in [5.41, 5.74) is 3.98. The molecule has 1 aromatic heterocycles. The standard InChI is InChI=1S/C28H34N6S/c1-20-12-15-33(16-13-20)25-18-26(34-17-14-23-10-6-7-11-24(23)19-34)31-27(30-25)32-28(35)29-21(2)22-8-4-3-5-9-22/h3-11,18,20-21H,12-17,19H2,1-2H3,(H2,29,30,31,32,35)/t21-/m1/s1. The Morgan fingerprint density at radius 3 is 2.31 bits per heavy atom. The van der Waals surface area contributed by atoms with Gasteiger partial charge in [-0.05, 0) is 61.0 Å². The molecule has 0 saturated carbocycles. The molecule has 0 amide bonds. The monoisotopic (exact) mass is 486 g/mol. The number of benzene rings is 2. The van der Waals surface area contributed by atoms with E-state index >= 15 is 0 Å². The van der Waals surface area contributed by atoms with Gasteiger partial charge in [0.25, 0.3) is 0 Å². The van der Waals surface area contributed by atoms with Crippen molar-refractivity contribution in [1.29, 1.82) is 0 Å². The second-order valence-corrected chi connectivity index (χ2v) is 10.2. The zero-order valence-electron chi connectivity index (χ0n) is 20.6. The molecule has 1 fully saturated rings. The molecule has 6 nitrogen and oxygen atoms in total. The van der Waals surface area contributed by atoms with Gasteiger partial charge in [-0.3, -0.25) is 0 Å². The van der Waals surface area contributed by atoms with E-state index < -0.39 is 0 Å². The summed E-state index contributed by atoms with van der Waals surface area (Å²) < 4.78 is 0. The maximum Gasteiger partial charge on any atom is 0.232 e. The van der Waals surface area contributed by atoms with Crippen molar-refractivity contribution in [3.8, 4) is 0 Å². The summed E-state index contributed by atoms with van der Waals surface area (Å²) in [6.07, 6.45) is 3.40. The molecule has 2 N–H and O–H groups in total. The Balaban J connectivity index is 1.37. The van der Waals surface area contributed by atoms with Crippen molar-refractivity contribution in [1.82, 2.24) is 15.3 Å². The van der Waals surface area contributed by atoms with Crippen molar-refractivity contribution in [3.63, 3.8) is 0 Å². The molecular formula is C28H34N6S. The lowest BCUT2D eigenvalue weighted by atomic mass is 9.99. The maximum absolute atomic E-state index is 5.65. The Hall–Kier alpha value is -3.19. The van der Waals surface area contributed by atoms with E-state index in [1.807, 2.05) is 18.2 Å². The van der Waals surface area contributed by atoms with Gasteiger partial charge in [0, 0.05) is 32.2 Å². The first-order valence-corrected chi connectivity index (χ1v) is 13.0. The molecule has 2 aliphatic heterocycles. The lowest BCUT2D eigenvalue weighted by Crippen LogP contribution is -2.36. The van der Waals surface area contributed by atoms with Crippen molar-refractivity contribution in [2.45, 2.75) is 45.7 Å². The molecule has 0 unspecified atom stereocenters. The third kappa shape index (κ3) is 5.73. The molecule has 3 heterocycles. The highest BCUT2D eigenvalue weighted by atomic mass is 32.1. The lowest BCUT2D eigenvalue weighted by Gasteiger charge is -2.33. The molecule has 3 aromatic rings. The number of aromatic nitrogens is 2. The zero-order chi connectivity index (χ0) is 24.2. The van der Waals surface area contributed by atoms with Gasteiger partial charge in [0.1, 0.15) is 11.6 Å². The quantitative estimate of drug-likeness (QED) is 0.473. The highest BCUT2D eigenvalue weighted by molar-refractivity contribution is 7.80. The van der Waals surface area contributed by atoms with Crippen LogP contribution in [0.2, 0.25) is 0 Å². The van der Waals surface area contributed by atoms with Gasteiger partial charge in [-0.15, -0.1) is 0 Å². The van der Waals surface area contributed by atoms with Crippen LogP contribution in [-0.2, 0) is 13.0 Å². The average Bonchev–Trinajstić information content (AvgIpc) is 2.89. The van der Waals surface area contributed by atoms with Crippen LogP contribution < -0.4 is 20.4 Å². The molecule has 5 rings (SSSR count). The lowest BCUT2D eigenvalue weighted by molar-refractivity contribution is 0.436. The van der Waals surface area contributed by atoms with Crippen LogP contribution >= 0.6 is 12.2 Å². The topological polar surface area (TPSA) is 56.3 Å². The molecular weight excluding hydrogens is 452 g/mol. The molecule has 0 aliphatic carbocycles. The van der Waals surface area contributed by atoms with Crippen LogP contribution in [0.5, 0.6) is 0 Å². The number of anilines is 3. The smallest absolute Gasteiger partial charge is 0.232 e. The van der Waals surface area contributed by atoms with Crippen molar-refractivity contribution in [2.75, 3.05) is 34.8 Å². The number of rotatable bonds is 5. The van der Waals surface area contributed by atoms with Gasteiger partial charge >= 0.3 is 0 Å². The molecule has 0 bridgehead atoms. The first-order chi connectivity index (χ1) is 17.0. The van der Waals surface area contributed by atoms with Crippen LogP contribution in [-0.4, -0.2) is 34.7 Å². The third-order valence-electron chi connectivity index (χ3n) is 7.13. The molecule has 1 atom stereocenters. The van der Waals surface area contributed by atoms with E-state index in [0.29, 0.717) is 11.1 Å². The SMILES string of the molecule is CC1CCN(c2cc(N3CCc4ccccc4C3)nc(NC(=S)N[C@H](C)c3ccccc3)n2)CC1. The van der Waals surface area contributed by atoms with Crippen LogP contribution in [0.15, 0.2) is 60.7 Å². The third-order valence-corrected chi connectivity index (χ3v) is 7.35. The Morgan fingerprint density at radius 1 is 0.914 bits per heavy atom. The summed E-state index contributed by atoms with van der Waals surface area (Å²) in [7, 11) is 0. The van der Waals surface area contributed by atoms with E-state index in [-0.39, 0.29) is 6.04 Å². The molecule has 1 saturated heterocycles. The Bertz CT molecular complexity index is 1160. The largest absolute Gasteiger partial charge is 0.356 e. The minimum absolute atomic E-state index is 0.0843. The van der Waals surface area contributed by atoms with Crippen molar-refractivity contribution < 1.29 is 0 Å². The highest BCUT2D eigenvalue weighted by Crippen LogP contribution is 2.29. The first kappa shape index (κ1) is 23.5. The fraction of sp³-hybridized carbons (Fsp3) is 0.393. The number of hydrogen-bond donors (Lipinski definition) is 2. The summed E-state index contributed by atoms with van der Waals surface area (Å²) in [6.45, 7) is 8.28. The van der Waals surface area contributed by atoms with Gasteiger partial charge in [0.2, 0.25) is 5.95 Å². The van der Waals surface area contributed by atoms with Crippen molar-refractivity contribution in [2.24, 2.45) is 5.92 Å². The summed E-state index contributed by atoms with van der Waals surface area (Å²) in [6, 6.07) is 21.2. The van der Waals surface area contributed by atoms with Crippen LogP contribution in [0.25, 0.3) is 0 Å². The van der Waals surface area contributed by atoms with Gasteiger partial charge < -0.3 is 20.4 Å². The van der Waals surface area contributed by atoms with Gasteiger partial charge in [-0.25, -0.2) is 0 Å². The fourth-order valence-electron chi connectivity index (χ4n) is 4.89. The van der Waals surface area contributed by atoms with E-state index in [9.17, 15) is 0 Å². The van der Waals surface area contributed by atoms with Crippen LogP contribution in [0, 0.1) is 5.92 Å². The predicted octanol–water partition coefficient (Wildman–Crippen LogP) is 5.32. The molecule has 2 aliphatic rings. The molecule has 35 heavy (non-hydrogen) atoms. The molecule has 7 heteroatoms. The van der Waals surface area contributed by atoms with E-state index in [1.165, 1.54) is 29.5 Å². The van der Waals surface area contributed by atoms with Crippen LogP contribution in [0.4, 0.5) is 17.6 Å². The number of piperidine rings is 1. The molecule has 2 aromatic carbocycles. The number of nitrogens with zero attached hydrogens (tertiary/aromatic N) is 4. The number of hydrogen-bond acceptors (Lipinski definition) is 5. The van der Waals surface area contributed by atoms with E-state index in [1.54, 1.807) is 0 Å². The normalized spacial score (nSPS) is 17.0. The van der Waals surface area contributed by atoms with Crippen LogP contribution in [0.1, 0.15) is 49.4 Å². The van der Waals surface area contributed by atoms with Crippen molar-refractivity contribution in [3.05, 3.63) is 77.4 Å². The number of fused-ring (bicyclic) bond motifs is 1. The summed E-state index contributed by atoms with van der Waals surface area (Å²) in [4.78, 5) is 14.5. The second kappa shape index (κ2) is 10.6. The summed E-state index contributed by atoms with van der Waals surface area (Å²) in [5.74, 6) is 3.24. The summed E-state index contributed by atoms with van der Waals surface area (Å²) in [5, 5.41) is 7.18. The van der Waals surface area contributed by atoms with Gasteiger partial charge in [0.05, 0.1) is 6.04 Å². The molecule has 0 spiro atoms. The van der Waals surface area contributed by atoms with Gasteiger partial charge in [-0.1, -0.05) is 61.5 Å². The Kier molecular flexibility index (Phi) is 7.13.